The van der Waals surface area contributed by atoms with Crippen molar-refractivity contribution in [2.24, 2.45) is 5.41 Å². The SMILES string of the molecule is CCCCNC(=O)C1(C(=O)NC(C)(C)C)CC1. The van der Waals surface area contributed by atoms with E-state index in [-0.39, 0.29) is 17.4 Å². The molecule has 0 aromatic carbocycles. The summed E-state index contributed by atoms with van der Waals surface area (Å²) < 4.78 is 0. The molecule has 1 aliphatic carbocycles. The Bertz CT molecular complexity index is 301. The second kappa shape index (κ2) is 5.07. The molecule has 0 aromatic rings. The van der Waals surface area contributed by atoms with Crippen LogP contribution in [0.15, 0.2) is 0 Å². The maximum atomic E-state index is 12.0. The Morgan fingerprint density at radius 3 is 2.18 bits per heavy atom. The van der Waals surface area contributed by atoms with Gasteiger partial charge in [0.2, 0.25) is 11.8 Å². The molecule has 4 nitrogen and oxygen atoms in total. The highest BCUT2D eigenvalue weighted by atomic mass is 16.2. The number of hydrogen-bond acceptors (Lipinski definition) is 2. The van der Waals surface area contributed by atoms with Crippen LogP contribution in [0.2, 0.25) is 0 Å². The van der Waals surface area contributed by atoms with Gasteiger partial charge >= 0.3 is 0 Å². The average Bonchev–Trinajstić information content (AvgIpc) is 2.95. The monoisotopic (exact) mass is 240 g/mol. The summed E-state index contributed by atoms with van der Waals surface area (Å²) in [7, 11) is 0. The molecule has 0 spiro atoms. The molecular formula is C13H24N2O2. The fourth-order valence-electron chi connectivity index (χ4n) is 1.69. The number of amides is 2. The molecule has 1 saturated carbocycles. The molecule has 0 aromatic heterocycles. The van der Waals surface area contributed by atoms with Gasteiger partial charge in [0.15, 0.2) is 0 Å². The van der Waals surface area contributed by atoms with Gasteiger partial charge in [-0.3, -0.25) is 9.59 Å². The number of rotatable bonds is 5. The van der Waals surface area contributed by atoms with Crippen LogP contribution in [0.5, 0.6) is 0 Å². The van der Waals surface area contributed by atoms with Crippen LogP contribution < -0.4 is 10.6 Å². The Hall–Kier alpha value is -1.06. The van der Waals surface area contributed by atoms with Crippen LogP contribution in [-0.4, -0.2) is 23.9 Å². The zero-order chi connectivity index (χ0) is 13.1. The summed E-state index contributed by atoms with van der Waals surface area (Å²) in [6.45, 7) is 8.52. The predicted molar refractivity (Wildman–Crippen MR) is 67.5 cm³/mol. The Morgan fingerprint density at radius 2 is 1.76 bits per heavy atom. The summed E-state index contributed by atoms with van der Waals surface area (Å²) in [5.74, 6) is -0.230. The van der Waals surface area contributed by atoms with Crippen molar-refractivity contribution in [2.75, 3.05) is 6.54 Å². The maximum Gasteiger partial charge on any atom is 0.236 e. The number of hydrogen-bond donors (Lipinski definition) is 2. The number of unbranched alkanes of at least 4 members (excludes halogenated alkanes) is 1. The quantitative estimate of drug-likeness (QED) is 0.566. The van der Waals surface area contributed by atoms with Crippen LogP contribution in [0, 0.1) is 5.41 Å². The average molecular weight is 240 g/mol. The molecule has 2 N–H and O–H groups in total. The normalized spacial score (nSPS) is 17.4. The zero-order valence-corrected chi connectivity index (χ0v) is 11.4. The van der Waals surface area contributed by atoms with Gasteiger partial charge in [0, 0.05) is 12.1 Å². The summed E-state index contributed by atoms with van der Waals surface area (Å²) >= 11 is 0. The summed E-state index contributed by atoms with van der Waals surface area (Å²) in [6.07, 6.45) is 3.35. The van der Waals surface area contributed by atoms with Gasteiger partial charge in [0.25, 0.3) is 0 Å². The molecule has 98 valence electrons. The van der Waals surface area contributed by atoms with Crippen LogP contribution >= 0.6 is 0 Å². The van der Waals surface area contributed by atoms with Gasteiger partial charge in [-0.05, 0) is 40.0 Å². The number of carbonyl (C=O) groups is 2. The van der Waals surface area contributed by atoms with Crippen molar-refractivity contribution in [2.45, 2.75) is 58.9 Å². The number of nitrogens with one attached hydrogen (secondary N) is 2. The lowest BCUT2D eigenvalue weighted by Gasteiger charge is -2.24. The van der Waals surface area contributed by atoms with Crippen LogP contribution in [0.4, 0.5) is 0 Å². The summed E-state index contributed by atoms with van der Waals surface area (Å²) in [5.41, 5.74) is -1.06. The molecule has 1 fully saturated rings. The second-order valence-electron chi connectivity index (χ2n) is 5.90. The molecule has 1 aliphatic rings. The predicted octanol–water partition coefficient (Wildman–Crippen LogP) is 1.60. The molecule has 0 heterocycles. The minimum Gasteiger partial charge on any atom is -0.355 e. The molecule has 0 radical (unpaired) electrons. The van der Waals surface area contributed by atoms with E-state index in [4.69, 9.17) is 0 Å². The van der Waals surface area contributed by atoms with Gasteiger partial charge in [0.05, 0.1) is 0 Å². The molecule has 0 aliphatic heterocycles. The van der Waals surface area contributed by atoms with Gasteiger partial charge < -0.3 is 10.6 Å². The van der Waals surface area contributed by atoms with E-state index >= 15 is 0 Å². The lowest BCUT2D eigenvalue weighted by molar-refractivity contribution is -0.138. The lowest BCUT2D eigenvalue weighted by Crippen LogP contribution is -2.49. The third kappa shape index (κ3) is 3.72. The fraction of sp³-hybridized carbons (Fsp3) is 0.846. The maximum absolute atomic E-state index is 12.0. The van der Waals surface area contributed by atoms with Crippen LogP contribution in [0.1, 0.15) is 53.4 Å². The summed E-state index contributed by atoms with van der Waals surface area (Å²) in [4.78, 5) is 24.0. The van der Waals surface area contributed by atoms with Gasteiger partial charge in [-0.25, -0.2) is 0 Å². The smallest absolute Gasteiger partial charge is 0.236 e. The highest BCUT2D eigenvalue weighted by Crippen LogP contribution is 2.46. The topological polar surface area (TPSA) is 58.2 Å². The van der Waals surface area contributed by atoms with Crippen molar-refractivity contribution < 1.29 is 9.59 Å². The van der Waals surface area contributed by atoms with Crippen LogP contribution in [0.25, 0.3) is 0 Å². The van der Waals surface area contributed by atoms with Gasteiger partial charge in [0.1, 0.15) is 5.41 Å². The van der Waals surface area contributed by atoms with Crippen LogP contribution in [0.3, 0.4) is 0 Å². The largest absolute Gasteiger partial charge is 0.355 e. The third-order valence-corrected chi connectivity index (χ3v) is 2.92. The highest BCUT2D eigenvalue weighted by Gasteiger charge is 2.56. The third-order valence-electron chi connectivity index (χ3n) is 2.92. The lowest BCUT2D eigenvalue weighted by atomic mass is 10.0. The Kier molecular flexibility index (Phi) is 4.17. The molecule has 0 saturated heterocycles. The molecule has 4 heteroatoms. The highest BCUT2D eigenvalue weighted by molar-refractivity contribution is 6.08. The molecule has 0 atom stereocenters. The number of carbonyl (C=O) groups excluding carboxylic acids is 2. The molecule has 0 bridgehead atoms. The first-order valence-electron chi connectivity index (χ1n) is 6.43. The van der Waals surface area contributed by atoms with Crippen molar-refractivity contribution in [3.05, 3.63) is 0 Å². The van der Waals surface area contributed by atoms with E-state index in [9.17, 15) is 9.59 Å². The van der Waals surface area contributed by atoms with Crippen molar-refractivity contribution in [1.82, 2.24) is 10.6 Å². The fourth-order valence-corrected chi connectivity index (χ4v) is 1.69. The Morgan fingerprint density at radius 1 is 1.18 bits per heavy atom. The van der Waals surface area contributed by atoms with Crippen LogP contribution in [-0.2, 0) is 9.59 Å². The van der Waals surface area contributed by atoms with E-state index in [1.54, 1.807) is 0 Å². The first kappa shape index (κ1) is 14.0. The van der Waals surface area contributed by atoms with Gasteiger partial charge in [-0.2, -0.15) is 0 Å². The minimum absolute atomic E-state index is 0.104. The minimum atomic E-state index is -0.777. The standard InChI is InChI=1S/C13H24N2O2/c1-5-6-9-14-10(16)13(7-8-13)11(17)15-12(2,3)4/h5-9H2,1-4H3,(H,14,16)(H,15,17). The van der Waals surface area contributed by atoms with E-state index in [0.29, 0.717) is 19.4 Å². The zero-order valence-electron chi connectivity index (χ0n) is 11.4. The van der Waals surface area contributed by atoms with Crippen molar-refractivity contribution in [3.8, 4) is 0 Å². The first-order chi connectivity index (χ1) is 7.82. The summed E-state index contributed by atoms with van der Waals surface area (Å²) in [6, 6.07) is 0. The van der Waals surface area contributed by atoms with Crippen molar-refractivity contribution >= 4 is 11.8 Å². The van der Waals surface area contributed by atoms with E-state index in [2.05, 4.69) is 17.6 Å². The molecule has 17 heavy (non-hydrogen) atoms. The van der Waals surface area contributed by atoms with E-state index < -0.39 is 5.41 Å². The van der Waals surface area contributed by atoms with Gasteiger partial charge in [-0.15, -0.1) is 0 Å². The first-order valence-corrected chi connectivity index (χ1v) is 6.43. The van der Waals surface area contributed by atoms with E-state index in [0.717, 1.165) is 12.8 Å². The Labute approximate surface area is 104 Å². The summed E-state index contributed by atoms with van der Waals surface area (Å²) in [5, 5.41) is 5.75. The van der Waals surface area contributed by atoms with Crippen molar-refractivity contribution in [3.63, 3.8) is 0 Å². The molecule has 1 rings (SSSR count). The van der Waals surface area contributed by atoms with E-state index in [1.165, 1.54) is 0 Å². The molecular weight excluding hydrogens is 216 g/mol. The second-order valence-corrected chi connectivity index (χ2v) is 5.90. The Balaban J connectivity index is 2.51. The molecule has 2 amide bonds. The van der Waals surface area contributed by atoms with Crippen molar-refractivity contribution in [1.29, 1.82) is 0 Å². The van der Waals surface area contributed by atoms with E-state index in [1.807, 2.05) is 20.8 Å². The van der Waals surface area contributed by atoms with Gasteiger partial charge in [-0.1, -0.05) is 13.3 Å². The molecule has 0 unspecified atom stereocenters.